The summed E-state index contributed by atoms with van der Waals surface area (Å²) in [6, 6.07) is 4.80. The minimum Gasteiger partial charge on any atom is -0.504 e. The van der Waals surface area contributed by atoms with Gasteiger partial charge in [0.25, 0.3) is 0 Å². The highest BCUT2D eigenvalue weighted by molar-refractivity contribution is 5.43. The van der Waals surface area contributed by atoms with Crippen LogP contribution in [0, 0.1) is 17.3 Å². The lowest BCUT2D eigenvalue weighted by Crippen LogP contribution is -2.57. The summed E-state index contributed by atoms with van der Waals surface area (Å²) in [5, 5.41) is 19.0. The van der Waals surface area contributed by atoms with Crippen molar-refractivity contribution in [1.82, 2.24) is 0 Å². The Morgan fingerprint density at radius 2 is 1.75 bits per heavy atom. The number of aromatic hydroxyl groups is 2. The summed E-state index contributed by atoms with van der Waals surface area (Å²) in [4.78, 5) is 0. The first-order chi connectivity index (χ1) is 9.45. The van der Waals surface area contributed by atoms with Gasteiger partial charge in [0.15, 0.2) is 11.5 Å². The first-order valence-corrected chi connectivity index (χ1v) is 7.66. The van der Waals surface area contributed by atoms with E-state index < -0.39 is 0 Å². The zero-order valence-electron chi connectivity index (χ0n) is 11.9. The van der Waals surface area contributed by atoms with Crippen LogP contribution in [0.5, 0.6) is 17.2 Å². The molecule has 2 atom stereocenters. The quantitative estimate of drug-likeness (QED) is 0.806. The molecule has 0 radical (unpaired) electrons. The van der Waals surface area contributed by atoms with E-state index in [1.54, 1.807) is 6.07 Å². The minimum atomic E-state index is -0.0987. The summed E-state index contributed by atoms with van der Waals surface area (Å²) in [6.07, 6.45) is 7.53. The van der Waals surface area contributed by atoms with Crippen LogP contribution in [0.15, 0.2) is 18.2 Å². The van der Waals surface area contributed by atoms with Crippen molar-refractivity contribution in [3.8, 4) is 17.2 Å². The summed E-state index contributed by atoms with van der Waals surface area (Å²) < 4.78 is 6.34. The molecule has 0 heterocycles. The predicted molar refractivity (Wildman–Crippen MR) is 75.9 cm³/mol. The fraction of sp³-hybridized carbons (Fsp3) is 0.647. The second-order valence-corrected chi connectivity index (χ2v) is 7.71. The Kier molecular flexibility index (Phi) is 2.37. The van der Waals surface area contributed by atoms with E-state index >= 15 is 0 Å². The first kappa shape index (κ1) is 12.4. The standard InChI is InChI=1S/C17H22O3/c1-16-6-11-4-12(7-16)9-17(8-11,10-16)20-13-2-3-14(18)15(19)5-13/h2-3,5,11-12,18-19H,4,6-10H2,1H3. The van der Waals surface area contributed by atoms with E-state index in [-0.39, 0.29) is 17.1 Å². The average Bonchev–Trinajstić information content (AvgIpc) is 2.30. The van der Waals surface area contributed by atoms with Crippen LogP contribution in [-0.4, -0.2) is 15.8 Å². The second-order valence-electron chi connectivity index (χ2n) is 7.71. The van der Waals surface area contributed by atoms with Crippen molar-refractivity contribution in [1.29, 1.82) is 0 Å². The number of benzene rings is 1. The Hall–Kier alpha value is -1.38. The topological polar surface area (TPSA) is 49.7 Å². The van der Waals surface area contributed by atoms with E-state index in [1.807, 2.05) is 0 Å². The van der Waals surface area contributed by atoms with E-state index in [2.05, 4.69) is 6.92 Å². The molecular weight excluding hydrogens is 252 g/mol. The molecule has 108 valence electrons. The third kappa shape index (κ3) is 1.87. The molecule has 1 aromatic carbocycles. The molecule has 4 aliphatic rings. The van der Waals surface area contributed by atoms with Gasteiger partial charge in [-0.3, -0.25) is 0 Å². The highest BCUT2D eigenvalue weighted by atomic mass is 16.5. The molecule has 4 saturated carbocycles. The van der Waals surface area contributed by atoms with E-state index in [0.717, 1.165) is 31.1 Å². The zero-order valence-corrected chi connectivity index (χ0v) is 11.9. The largest absolute Gasteiger partial charge is 0.504 e. The van der Waals surface area contributed by atoms with E-state index in [9.17, 15) is 10.2 Å². The molecule has 2 N–H and O–H groups in total. The van der Waals surface area contributed by atoms with Crippen molar-refractivity contribution < 1.29 is 14.9 Å². The maximum Gasteiger partial charge on any atom is 0.161 e. The molecule has 5 rings (SSSR count). The number of phenols is 2. The number of hydrogen-bond acceptors (Lipinski definition) is 3. The lowest BCUT2D eigenvalue weighted by atomic mass is 9.48. The van der Waals surface area contributed by atoms with Gasteiger partial charge >= 0.3 is 0 Å². The molecule has 0 aromatic heterocycles. The van der Waals surface area contributed by atoms with Crippen LogP contribution in [0.4, 0.5) is 0 Å². The van der Waals surface area contributed by atoms with Gasteiger partial charge < -0.3 is 14.9 Å². The van der Waals surface area contributed by atoms with Gasteiger partial charge in [0, 0.05) is 6.07 Å². The van der Waals surface area contributed by atoms with Crippen LogP contribution in [0.3, 0.4) is 0 Å². The van der Waals surface area contributed by atoms with Gasteiger partial charge in [-0.1, -0.05) is 6.92 Å². The fourth-order valence-electron chi connectivity index (χ4n) is 5.56. The van der Waals surface area contributed by atoms with Gasteiger partial charge in [0.1, 0.15) is 11.4 Å². The molecule has 0 aliphatic heterocycles. The first-order valence-electron chi connectivity index (χ1n) is 7.66. The van der Waals surface area contributed by atoms with Crippen LogP contribution in [0.25, 0.3) is 0 Å². The maximum atomic E-state index is 9.63. The zero-order chi connectivity index (χ0) is 14.0. The van der Waals surface area contributed by atoms with E-state index in [1.165, 1.54) is 31.4 Å². The fourth-order valence-corrected chi connectivity index (χ4v) is 5.56. The summed E-state index contributed by atoms with van der Waals surface area (Å²) in [6.45, 7) is 2.41. The number of ether oxygens (including phenoxy) is 1. The molecule has 1 aromatic rings. The predicted octanol–water partition coefficient (Wildman–Crippen LogP) is 3.84. The second kappa shape index (κ2) is 3.84. The molecule has 0 amide bonds. The monoisotopic (exact) mass is 274 g/mol. The van der Waals surface area contributed by atoms with E-state index in [0.29, 0.717) is 11.2 Å². The Balaban J connectivity index is 1.63. The third-order valence-electron chi connectivity index (χ3n) is 5.58. The van der Waals surface area contributed by atoms with Crippen LogP contribution >= 0.6 is 0 Å². The molecule has 4 aliphatic carbocycles. The van der Waals surface area contributed by atoms with Crippen LogP contribution in [-0.2, 0) is 0 Å². The number of rotatable bonds is 2. The van der Waals surface area contributed by atoms with Gasteiger partial charge in [0.05, 0.1) is 0 Å². The molecule has 4 bridgehead atoms. The Morgan fingerprint density at radius 3 is 2.35 bits per heavy atom. The Morgan fingerprint density at radius 1 is 1.05 bits per heavy atom. The Labute approximate surface area is 119 Å². The highest BCUT2D eigenvalue weighted by Crippen LogP contribution is 2.62. The minimum absolute atomic E-state index is 0.0394. The van der Waals surface area contributed by atoms with Crippen molar-refractivity contribution >= 4 is 0 Å². The van der Waals surface area contributed by atoms with Crippen LogP contribution in [0.2, 0.25) is 0 Å². The summed E-state index contributed by atoms with van der Waals surface area (Å²) >= 11 is 0. The highest BCUT2D eigenvalue weighted by Gasteiger charge is 2.57. The summed E-state index contributed by atoms with van der Waals surface area (Å²) in [5.41, 5.74) is 0.408. The van der Waals surface area contributed by atoms with Gasteiger partial charge in [-0.25, -0.2) is 0 Å². The maximum absolute atomic E-state index is 9.63. The summed E-state index contributed by atoms with van der Waals surface area (Å²) in [5.74, 6) is 2.12. The molecule has 20 heavy (non-hydrogen) atoms. The van der Waals surface area contributed by atoms with E-state index in [4.69, 9.17) is 4.74 Å². The smallest absolute Gasteiger partial charge is 0.161 e. The van der Waals surface area contributed by atoms with Crippen molar-refractivity contribution in [3.63, 3.8) is 0 Å². The summed E-state index contributed by atoms with van der Waals surface area (Å²) in [7, 11) is 0. The van der Waals surface area contributed by atoms with Crippen molar-refractivity contribution in [3.05, 3.63) is 18.2 Å². The Bertz CT molecular complexity index is 537. The molecule has 3 heteroatoms. The van der Waals surface area contributed by atoms with Crippen molar-refractivity contribution in [2.45, 2.75) is 51.0 Å². The molecule has 0 spiro atoms. The molecule has 3 nitrogen and oxygen atoms in total. The lowest BCUT2D eigenvalue weighted by molar-refractivity contribution is -0.143. The normalized spacial score (nSPS) is 41.9. The van der Waals surface area contributed by atoms with Crippen molar-refractivity contribution in [2.75, 3.05) is 0 Å². The van der Waals surface area contributed by atoms with Crippen molar-refractivity contribution in [2.24, 2.45) is 17.3 Å². The van der Waals surface area contributed by atoms with Gasteiger partial charge in [0.2, 0.25) is 0 Å². The number of phenolic OH excluding ortho intramolecular Hbond substituents is 2. The molecule has 4 fully saturated rings. The van der Waals surface area contributed by atoms with Gasteiger partial charge in [-0.2, -0.15) is 0 Å². The SMILES string of the molecule is CC12CC3CC(C1)CC(Oc1ccc(O)c(O)c1)(C3)C2. The molecule has 0 saturated heterocycles. The van der Waals surface area contributed by atoms with Crippen LogP contribution in [0.1, 0.15) is 45.4 Å². The molecule has 2 unspecified atom stereocenters. The third-order valence-corrected chi connectivity index (χ3v) is 5.58. The lowest BCUT2D eigenvalue weighted by Gasteiger charge is -2.60. The van der Waals surface area contributed by atoms with Gasteiger partial charge in [-0.15, -0.1) is 0 Å². The van der Waals surface area contributed by atoms with Gasteiger partial charge in [-0.05, 0) is 67.9 Å². The molecular formula is C17H22O3. The average molecular weight is 274 g/mol. The van der Waals surface area contributed by atoms with Crippen LogP contribution < -0.4 is 4.74 Å². The number of hydrogen-bond donors (Lipinski definition) is 2.